The summed E-state index contributed by atoms with van der Waals surface area (Å²) >= 11 is 0. The Hall–Kier alpha value is -7.43. The third-order valence-electron chi connectivity index (χ3n) is 13.2. The number of para-hydroxylation sites is 2. The van der Waals surface area contributed by atoms with E-state index in [0.717, 1.165) is 55.3 Å². The number of hydrogen-bond acceptors (Lipinski definition) is 4. The van der Waals surface area contributed by atoms with Crippen molar-refractivity contribution in [2.45, 2.75) is 37.5 Å². The lowest BCUT2D eigenvalue weighted by atomic mass is 9.68. The Labute approximate surface area is 355 Å². The van der Waals surface area contributed by atoms with Crippen LogP contribution in [-0.4, -0.2) is 15.0 Å². The minimum absolute atomic E-state index is 0.131. The van der Waals surface area contributed by atoms with Gasteiger partial charge >= 0.3 is 0 Å². The molecule has 0 bridgehead atoms. The van der Waals surface area contributed by atoms with E-state index in [1.807, 2.05) is 30.3 Å². The van der Waals surface area contributed by atoms with Gasteiger partial charge < -0.3 is 4.42 Å². The van der Waals surface area contributed by atoms with Crippen molar-refractivity contribution < 1.29 is 4.42 Å². The molecular formula is C57H41N3O. The molecular weight excluding hydrogens is 743 g/mol. The number of furan rings is 1. The first-order chi connectivity index (χ1) is 30.2. The van der Waals surface area contributed by atoms with Crippen molar-refractivity contribution in [3.05, 3.63) is 199 Å². The fourth-order valence-corrected chi connectivity index (χ4v) is 10.3. The number of aromatic nitrogens is 3. The van der Waals surface area contributed by atoms with Gasteiger partial charge in [-0.15, -0.1) is 0 Å². The van der Waals surface area contributed by atoms with E-state index < -0.39 is 0 Å². The Kier molecular flexibility index (Phi) is 8.38. The van der Waals surface area contributed by atoms with Crippen LogP contribution in [0.1, 0.15) is 43.2 Å². The standard InChI is InChI=1S/C57H41N3O/c1-3-15-37(16-4-1)41-18-12-20-43(36-41)55-58-54(59-56(60-55)48-25-13-24-46-45-21-6-8-28-51(45)61-53(46)48)39-31-29-38(30-32-39)40-17-11-19-42(35-40)44-23-14-27-50-52(44)47-22-5-7-26-49(47)57(50)33-9-2-10-34-57/h1,3-8,11-32,35-36H,2,9-10,33-34H2. The highest BCUT2D eigenvalue weighted by atomic mass is 16.3. The molecule has 0 N–H and O–H groups in total. The second kappa shape index (κ2) is 14.4. The Morgan fingerprint density at radius 3 is 1.74 bits per heavy atom. The summed E-state index contributed by atoms with van der Waals surface area (Å²) in [6.07, 6.45) is 6.36. The molecule has 2 aromatic heterocycles. The molecule has 61 heavy (non-hydrogen) atoms. The van der Waals surface area contributed by atoms with Gasteiger partial charge in [-0.1, -0.05) is 183 Å². The molecule has 4 nitrogen and oxygen atoms in total. The molecule has 2 aliphatic carbocycles. The summed E-state index contributed by atoms with van der Waals surface area (Å²) in [6.45, 7) is 0. The molecule has 0 amide bonds. The van der Waals surface area contributed by atoms with Gasteiger partial charge in [0.25, 0.3) is 0 Å². The van der Waals surface area contributed by atoms with Crippen molar-refractivity contribution >= 4 is 21.9 Å². The van der Waals surface area contributed by atoms with Gasteiger partial charge in [-0.3, -0.25) is 0 Å². The van der Waals surface area contributed by atoms with Gasteiger partial charge in [0, 0.05) is 27.3 Å². The van der Waals surface area contributed by atoms with Crippen LogP contribution in [0, 0.1) is 0 Å². The molecule has 2 heterocycles. The van der Waals surface area contributed by atoms with Gasteiger partial charge in [0.1, 0.15) is 11.2 Å². The maximum Gasteiger partial charge on any atom is 0.167 e. The number of nitrogens with zero attached hydrogens (tertiary/aromatic N) is 3. The summed E-state index contributed by atoms with van der Waals surface area (Å²) in [5.41, 5.74) is 17.4. The predicted octanol–water partition coefficient (Wildman–Crippen LogP) is 15.0. The Bertz CT molecular complexity index is 3280. The summed E-state index contributed by atoms with van der Waals surface area (Å²) < 4.78 is 6.48. The summed E-state index contributed by atoms with van der Waals surface area (Å²) in [7, 11) is 0. The smallest absolute Gasteiger partial charge is 0.167 e. The topological polar surface area (TPSA) is 51.8 Å². The fourth-order valence-electron chi connectivity index (χ4n) is 10.3. The predicted molar refractivity (Wildman–Crippen MR) is 249 cm³/mol. The van der Waals surface area contributed by atoms with Crippen LogP contribution in [-0.2, 0) is 5.41 Å². The normalized spacial score (nSPS) is 14.0. The van der Waals surface area contributed by atoms with Gasteiger partial charge in [0.05, 0.1) is 5.56 Å². The highest BCUT2D eigenvalue weighted by Crippen LogP contribution is 2.58. The van der Waals surface area contributed by atoms with Crippen LogP contribution in [0.5, 0.6) is 0 Å². The largest absolute Gasteiger partial charge is 0.455 e. The van der Waals surface area contributed by atoms with E-state index in [1.54, 1.807) is 0 Å². The number of fused-ring (bicyclic) bond motifs is 8. The number of hydrogen-bond donors (Lipinski definition) is 0. The number of benzene rings is 8. The molecule has 0 unspecified atom stereocenters. The van der Waals surface area contributed by atoms with Crippen LogP contribution in [0.3, 0.4) is 0 Å². The Balaban J connectivity index is 0.946. The second-order valence-corrected chi connectivity index (χ2v) is 16.6. The van der Waals surface area contributed by atoms with Crippen LogP contribution >= 0.6 is 0 Å². The zero-order valence-corrected chi connectivity index (χ0v) is 33.7. The molecule has 2 aliphatic rings. The molecule has 1 fully saturated rings. The van der Waals surface area contributed by atoms with E-state index in [4.69, 9.17) is 19.4 Å². The van der Waals surface area contributed by atoms with Gasteiger partial charge in [0.2, 0.25) is 0 Å². The molecule has 0 aliphatic heterocycles. The molecule has 12 rings (SSSR count). The van der Waals surface area contributed by atoms with Crippen LogP contribution in [0.15, 0.2) is 192 Å². The minimum atomic E-state index is 0.131. The molecule has 290 valence electrons. The lowest BCUT2D eigenvalue weighted by molar-refractivity contribution is 0.353. The molecule has 0 radical (unpaired) electrons. The zero-order chi connectivity index (χ0) is 40.3. The molecule has 4 heteroatoms. The summed E-state index contributed by atoms with van der Waals surface area (Å²) in [5.74, 6) is 1.78. The van der Waals surface area contributed by atoms with Crippen molar-refractivity contribution in [3.8, 4) is 78.7 Å². The van der Waals surface area contributed by atoms with Crippen molar-refractivity contribution in [2.24, 2.45) is 0 Å². The molecule has 1 saturated carbocycles. The molecule has 10 aromatic rings. The quantitative estimate of drug-likeness (QED) is 0.169. The average molecular weight is 784 g/mol. The highest BCUT2D eigenvalue weighted by Gasteiger charge is 2.44. The van der Waals surface area contributed by atoms with E-state index in [-0.39, 0.29) is 5.41 Å². The van der Waals surface area contributed by atoms with Crippen LogP contribution in [0.25, 0.3) is 101 Å². The van der Waals surface area contributed by atoms with Crippen LogP contribution in [0.4, 0.5) is 0 Å². The lowest BCUT2D eigenvalue weighted by Crippen LogP contribution is -2.27. The Morgan fingerprint density at radius 2 is 0.902 bits per heavy atom. The van der Waals surface area contributed by atoms with E-state index in [1.165, 1.54) is 71.0 Å². The second-order valence-electron chi connectivity index (χ2n) is 16.6. The van der Waals surface area contributed by atoms with Crippen LogP contribution in [0.2, 0.25) is 0 Å². The van der Waals surface area contributed by atoms with E-state index in [0.29, 0.717) is 17.5 Å². The lowest BCUT2D eigenvalue weighted by Gasteiger charge is -2.36. The maximum absolute atomic E-state index is 6.48. The monoisotopic (exact) mass is 783 g/mol. The summed E-state index contributed by atoms with van der Waals surface area (Å²) in [6, 6.07) is 67.0. The van der Waals surface area contributed by atoms with Crippen molar-refractivity contribution in [2.75, 3.05) is 0 Å². The molecule has 0 atom stereocenters. The zero-order valence-electron chi connectivity index (χ0n) is 33.7. The summed E-state index contributed by atoms with van der Waals surface area (Å²) in [5, 5.41) is 2.10. The van der Waals surface area contributed by atoms with Gasteiger partial charge in [-0.2, -0.15) is 0 Å². The van der Waals surface area contributed by atoms with Crippen molar-refractivity contribution in [1.82, 2.24) is 15.0 Å². The first-order valence-corrected chi connectivity index (χ1v) is 21.5. The maximum atomic E-state index is 6.48. The fraction of sp³-hybridized carbons (Fsp3) is 0.105. The van der Waals surface area contributed by atoms with E-state index >= 15 is 0 Å². The SMILES string of the molecule is c1ccc(-c2cccc(-c3nc(-c4ccc(-c5cccc(-c6cccc7c6-c6ccccc6C76CCCCC6)c5)cc4)nc(-c4cccc5c4oc4ccccc45)n3)c2)cc1. The summed E-state index contributed by atoms with van der Waals surface area (Å²) in [4.78, 5) is 15.5. The van der Waals surface area contributed by atoms with Gasteiger partial charge in [-0.05, 0) is 92.7 Å². The average Bonchev–Trinajstić information content (AvgIpc) is 3.85. The van der Waals surface area contributed by atoms with Crippen LogP contribution < -0.4 is 0 Å². The first-order valence-electron chi connectivity index (χ1n) is 21.5. The highest BCUT2D eigenvalue weighted by molar-refractivity contribution is 6.09. The molecule has 8 aromatic carbocycles. The van der Waals surface area contributed by atoms with E-state index in [9.17, 15) is 0 Å². The van der Waals surface area contributed by atoms with Gasteiger partial charge in [0.15, 0.2) is 17.5 Å². The van der Waals surface area contributed by atoms with Gasteiger partial charge in [-0.25, -0.2) is 15.0 Å². The third kappa shape index (κ3) is 5.93. The van der Waals surface area contributed by atoms with E-state index in [2.05, 4.69) is 158 Å². The minimum Gasteiger partial charge on any atom is -0.455 e. The molecule has 1 spiro atoms. The number of rotatable bonds is 6. The van der Waals surface area contributed by atoms with Crippen molar-refractivity contribution in [3.63, 3.8) is 0 Å². The third-order valence-corrected chi connectivity index (χ3v) is 13.2. The Morgan fingerprint density at radius 1 is 0.361 bits per heavy atom. The van der Waals surface area contributed by atoms with Crippen molar-refractivity contribution in [1.29, 1.82) is 0 Å². The molecule has 0 saturated heterocycles. The first kappa shape index (κ1) is 35.5.